The number of ether oxygens (including phenoxy) is 1. The Kier molecular flexibility index (Phi) is 5.83. The van der Waals surface area contributed by atoms with Gasteiger partial charge in [-0.05, 0) is 6.54 Å². The normalized spacial score (nSPS) is 14.3. The van der Waals surface area contributed by atoms with Crippen molar-refractivity contribution in [1.82, 2.24) is 0 Å². The average molecular weight is 220 g/mol. The van der Waals surface area contributed by atoms with Gasteiger partial charge in [0.05, 0.1) is 6.54 Å². The molecule has 1 atom stereocenters. The summed E-state index contributed by atoms with van der Waals surface area (Å²) >= 11 is 0. The van der Waals surface area contributed by atoms with Crippen molar-refractivity contribution in [2.45, 2.75) is 18.4 Å². The van der Waals surface area contributed by atoms with Crippen LogP contribution in [0.25, 0.3) is 0 Å². The van der Waals surface area contributed by atoms with Crippen LogP contribution in [-0.2, 0) is 14.3 Å². The molecule has 0 spiro atoms. The smallest absolute Gasteiger partial charge is 0.348 e. The molecular weight excluding hydrogens is 204 g/mol. The molecule has 0 aliphatic carbocycles. The number of aliphatic hydroxyl groups is 1. The van der Waals surface area contributed by atoms with Gasteiger partial charge < -0.3 is 26.4 Å². The molecule has 0 heterocycles. The molecule has 0 aromatic carbocycles. The van der Waals surface area contributed by atoms with E-state index < -0.39 is 30.7 Å². The summed E-state index contributed by atoms with van der Waals surface area (Å²) in [5, 5.41) is 17.7. The Morgan fingerprint density at radius 2 is 1.87 bits per heavy atom. The number of rotatable bonds is 7. The van der Waals surface area contributed by atoms with Crippen LogP contribution in [-0.4, -0.2) is 47.4 Å². The first kappa shape index (κ1) is 13.8. The average Bonchev–Trinajstić information content (AvgIpc) is 2.18. The quantitative estimate of drug-likeness (QED) is 0.366. The van der Waals surface area contributed by atoms with E-state index in [1.165, 1.54) is 0 Å². The maximum Gasteiger partial charge on any atom is 0.348 e. The number of esters is 1. The van der Waals surface area contributed by atoms with Gasteiger partial charge in [-0.25, -0.2) is 4.79 Å². The van der Waals surface area contributed by atoms with Crippen molar-refractivity contribution in [3.63, 3.8) is 0 Å². The minimum Gasteiger partial charge on any atom is -0.478 e. The van der Waals surface area contributed by atoms with Gasteiger partial charge >= 0.3 is 11.9 Å². The molecule has 0 saturated heterocycles. The lowest BCUT2D eigenvalue weighted by Crippen LogP contribution is -2.46. The highest BCUT2D eigenvalue weighted by molar-refractivity contribution is 5.82. The first-order valence-electron chi connectivity index (χ1n) is 4.48. The minimum absolute atomic E-state index is 0.0319. The molecule has 7 heteroatoms. The van der Waals surface area contributed by atoms with Crippen LogP contribution >= 0.6 is 0 Å². The van der Waals surface area contributed by atoms with Gasteiger partial charge in [0.1, 0.15) is 0 Å². The van der Waals surface area contributed by atoms with Crippen LogP contribution in [0.15, 0.2) is 0 Å². The molecule has 7 nitrogen and oxygen atoms in total. The second-order valence-electron chi connectivity index (χ2n) is 2.99. The summed E-state index contributed by atoms with van der Waals surface area (Å²) in [6, 6.07) is 0. The lowest BCUT2D eigenvalue weighted by molar-refractivity contribution is -0.180. The predicted molar refractivity (Wildman–Crippen MR) is 50.9 cm³/mol. The zero-order chi connectivity index (χ0) is 11.9. The summed E-state index contributed by atoms with van der Waals surface area (Å²) in [5.41, 5.74) is 8.48. The van der Waals surface area contributed by atoms with Crippen molar-refractivity contribution in [3.05, 3.63) is 0 Å². The van der Waals surface area contributed by atoms with Crippen molar-refractivity contribution in [2.75, 3.05) is 19.7 Å². The molecule has 15 heavy (non-hydrogen) atoms. The van der Waals surface area contributed by atoms with Crippen LogP contribution in [0.1, 0.15) is 12.8 Å². The molecular formula is C8H16N2O5. The summed E-state index contributed by atoms with van der Waals surface area (Å²) in [4.78, 5) is 21.9. The molecule has 1 unspecified atom stereocenters. The van der Waals surface area contributed by atoms with Gasteiger partial charge in [0, 0.05) is 19.4 Å². The molecule has 0 amide bonds. The Hall–Kier alpha value is -1.18. The molecule has 0 saturated carbocycles. The Morgan fingerprint density at radius 1 is 1.27 bits per heavy atom. The van der Waals surface area contributed by atoms with E-state index in [1.54, 1.807) is 0 Å². The fourth-order valence-electron chi connectivity index (χ4n) is 1.16. The zero-order valence-electron chi connectivity index (χ0n) is 8.31. The van der Waals surface area contributed by atoms with E-state index >= 15 is 0 Å². The highest BCUT2D eigenvalue weighted by Crippen LogP contribution is 2.20. The number of nitrogens with two attached hydrogens (primary N) is 2. The van der Waals surface area contributed by atoms with Crippen LogP contribution in [0, 0.1) is 0 Å². The fraction of sp³-hybridized carbons (Fsp3) is 0.750. The molecule has 0 aliphatic heterocycles. The number of carbonyl (C=O) groups is 2. The summed E-state index contributed by atoms with van der Waals surface area (Å²) in [6.45, 7) is -0.792. The molecule has 0 aromatic rings. The Labute approximate surface area is 87.0 Å². The first-order chi connectivity index (χ1) is 7.02. The Balaban J connectivity index is 4.76. The van der Waals surface area contributed by atoms with Gasteiger partial charge in [-0.1, -0.05) is 0 Å². The third-order valence-corrected chi connectivity index (χ3v) is 1.93. The Bertz CT molecular complexity index is 225. The molecule has 0 bridgehead atoms. The lowest BCUT2D eigenvalue weighted by atomic mass is 9.95. The van der Waals surface area contributed by atoms with E-state index in [4.69, 9.17) is 26.4 Å². The fourth-order valence-corrected chi connectivity index (χ4v) is 1.16. The summed E-state index contributed by atoms with van der Waals surface area (Å²) in [5.74, 6) is -2.16. The first-order valence-corrected chi connectivity index (χ1v) is 4.48. The van der Waals surface area contributed by atoms with Crippen molar-refractivity contribution < 1.29 is 24.5 Å². The van der Waals surface area contributed by atoms with Crippen molar-refractivity contribution in [2.24, 2.45) is 11.5 Å². The number of carbonyl (C=O) groups excluding carboxylic acids is 1. The second kappa shape index (κ2) is 6.33. The number of hydrogen-bond donors (Lipinski definition) is 4. The molecule has 0 aliphatic rings. The Morgan fingerprint density at radius 3 is 2.20 bits per heavy atom. The topological polar surface area (TPSA) is 136 Å². The number of carboxylic acid groups (broad SMARTS) is 1. The third kappa shape index (κ3) is 3.82. The molecule has 6 N–H and O–H groups in total. The second-order valence-corrected chi connectivity index (χ2v) is 2.99. The van der Waals surface area contributed by atoms with Gasteiger partial charge in [0.25, 0.3) is 0 Å². The van der Waals surface area contributed by atoms with Crippen molar-refractivity contribution in [3.8, 4) is 0 Å². The van der Waals surface area contributed by atoms with Gasteiger partial charge in [0.15, 0.2) is 0 Å². The molecule has 0 fully saturated rings. The van der Waals surface area contributed by atoms with Gasteiger partial charge in [-0.3, -0.25) is 4.79 Å². The van der Waals surface area contributed by atoms with Crippen LogP contribution in [0.2, 0.25) is 0 Å². The predicted octanol–water partition coefficient (Wildman–Crippen LogP) is -1.96. The van der Waals surface area contributed by atoms with Crippen LogP contribution in [0.3, 0.4) is 0 Å². The largest absolute Gasteiger partial charge is 0.478 e. The number of aliphatic hydroxyl groups excluding tert-OH is 1. The molecule has 0 radical (unpaired) electrons. The minimum atomic E-state index is -1.76. The third-order valence-electron chi connectivity index (χ3n) is 1.93. The van der Waals surface area contributed by atoms with E-state index in [-0.39, 0.29) is 19.4 Å². The number of hydrogen-bond acceptors (Lipinski definition) is 6. The summed E-state index contributed by atoms with van der Waals surface area (Å²) in [7, 11) is 0. The van der Waals surface area contributed by atoms with E-state index in [0.717, 1.165) is 0 Å². The summed E-state index contributed by atoms with van der Waals surface area (Å²) in [6.07, 6.45) is -0.264. The van der Waals surface area contributed by atoms with Crippen LogP contribution in [0.4, 0.5) is 0 Å². The zero-order valence-corrected chi connectivity index (χ0v) is 8.31. The maximum atomic E-state index is 11.0. The maximum absolute atomic E-state index is 11.0. The number of aliphatic carboxylic acids is 1. The van der Waals surface area contributed by atoms with Crippen molar-refractivity contribution in [1.29, 1.82) is 0 Å². The molecule has 0 rings (SSSR count). The van der Waals surface area contributed by atoms with Crippen LogP contribution in [0.5, 0.6) is 0 Å². The van der Waals surface area contributed by atoms with E-state index in [2.05, 4.69) is 0 Å². The highest BCUT2D eigenvalue weighted by Gasteiger charge is 2.41. The van der Waals surface area contributed by atoms with Gasteiger partial charge in [0.2, 0.25) is 5.60 Å². The summed E-state index contributed by atoms with van der Waals surface area (Å²) < 4.78 is 4.73. The standard InChI is InChI=1S/C8H16N2O5/c9-3-1-8(2-4-11,7(13)14)15-6(12)5-10/h11H,1-5,9-10H2,(H,13,14). The van der Waals surface area contributed by atoms with E-state index in [1.807, 2.05) is 0 Å². The van der Waals surface area contributed by atoms with Crippen LogP contribution < -0.4 is 11.5 Å². The molecule has 88 valence electrons. The van der Waals surface area contributed by atoms with E-state index in [0.29, 0.717) is 0 Å². The molecule has 0 aromatic heterocycles. The highest BCUT2D eigenvalue weighted by atomic mass is 16.6. The monoisotopic (exact) mass is 220 g/mol. The lowest BCUT2D eigenvalue weighted by Gasteiger charge is -2.27. The van der Waals surface area contributed by atoms with Gasteiger partial charge in [-0.2, -0.15) is 0 Å². The number of carboxylic acids is 1. The SMILES string of the molecule is NCCC(CCO)(OC(=O)CN)C(=O)O. The van der Waals surface area contributed by atoms with E-state index in [9.17, 15) is 9.59 Å². The van der Waals surface area contributed by atoms with Crippen molar-refractivity contribution >= 4 is 11.9 Å². The van der Waals surface area contributed by atoms with Gasteiger partial charge in [-0.15, -0.1) is 0 Å².